The lowest BCUT2D eigenvalue weighted by Crippen LogP contribution is -2.43. The van der Waals surface area contributed by atoms with Gasteiger partial charge in [-0.3, -0.25) is 0 Å². The number of aryl methyl sites for hydroxylation is 1. The lowest BCUT2D eigenvalue weighted by Gasteiger charge is -2.45. The van der Waals surface area contributed by atoms with E-state index in [0.29, 0.717) is 16.9 Å². The van der Waals surface area contributed by atoms with Crippen LogP contribution < -0.4 is 5.32 Å². The molecule has 1 aliphatic carbocycles. The van der Waals surface area contributed by atoms with E-state index >= 15 is 0 Å². The summed E-state index contributed by atoms with van der Waals surface area (Å²) in [5.41, 5.74) is 2.47. The number of hydrogen-bond donors (Lipinski definition) is 1. The van der Waals surface area contributed by atoms with Gasteiger partial charge in [0.25, 0.3) is 0 Å². The number of hydrogen-bond acceptors (Lipinski definition) is 2. The van der Waals surface area contributed by atoms with Crippen LogP contribution in [0.3, 0.4) is 0 Å². The van der Waals surface area contributed by atoms with E-state index in [0.717, 1.165) is 13.0 Å². The summed E-state index contributed by atoms with van der Waals surface area (Å²) < 4.78 is 0. The summed E-state index contributed by atoms with van der Waals surface area (Å²) >= 11 is 1.90. The van der Waals surface area contributed by atoms with Gasteiger partial charge in [-0.15, -0.1) is 11.3 Å². The first-order chi connectivity index (χ1) is 8.81. The maximum Gasteiger partial charge on any atom is 0.0305 e. The fourth-order valence-corrected chi connectivity index (χ4v) is 4.99. The summed E-state index contributed by atoms with van der Waals surface area (Å²) in [5.74, 6) is 0. The minimum absolute atomic E-state index is 0.475. The molecule has 1 saturated carbocycles. The van der Waals surface area contributed by atoms with E-state index in [4.69, 9.17) is 0 Å². The third-order valence-electron chi connectivity index (χ3n) is 4.32. The molecule has 0 spiro atoms. The molecule has 0 aromatic carbocycles. The highest BCUT2D eigenvalue weighted by Gasteiger charge is 2.38. The molecule has 2 heteroatoms. The number of nitrogens with one attached hydrogen (secondary N) is 1. The predicted octanol–water partition coefficient (Wildman–Crippen LogP) is 5.01. The molecular weight excluding hydrogens is 250 g/mol. The van der Waals surface area contributed by atoms with Crippen LogP contribution in [-0.2, 0) is 13.0 Å². The molecule has 19 heavy (non-hydrogen) atoms. The van der Waals surface area contributed by atoms with Crippen molar-refractivity contribution >= 4 is 11.3 Å². The monoisotopic (exact) mass is 279 g/mol. The second kappa shape index (κ2) is 5.57. The third-order valence-corrected chi connectivity index (χ3v) is 5.29. The van der Waals surface area contributed by atoms with Gasteiger partial charge >= 0.3 is 0 Å². The van der Waals surface area contributed by atoms with E-state index in [1.807, 2.05) is 11.3 Å². The molecule has 0 bridgehead atoms. The Morgan fingerprint density at radius 2 is 1.84 bits per heavy atom. The quantitative estimate of drug-likeness (QED) is 0.817. The Bertz CT molecular complexity index is 401. The lowest BCUT2D eigenvalue weighted by atomic mass is 9.63. The molecule has 1 heterocycles. The second-order valence-corrected chi connectivity index (χ2v) is 8.71. The molecule has 108 valence electrons. The minimum atomic E-state index is 0.475. The average molecular weight is 279 g/mol. The Morgan fingerprint density at radius 3 is 2.42 bits per heavy atom. The van der Waals surface area contributed by atoms with Crippen molar-refractivity contribution in [2.75, 3.05) is 0 Å². The topological polar surface area (TPSA) is 12.0 Å². The third kappa shape index (κ3) is 4.06. The van der Waals surface area contributed by atoms with E-state index in [1.165, 1.54) is 29.7 Å². The highest BCUT2D eigenvalue weighted by atomic mass is 32.1. The molecule has 0 saturated heterocycles. The fourth-order valence-electron chi connectivity index (χ4n) is 4.06. The largest absolute Gasteiger partial charge is 0.309 e. The number of thiophene rings is 1. The lowest BCUT2D eigenvalue weighted by molar-refractivity contribution is 0.0846. The zero-order valence-electron chi connectivity index (χ0n) is 13.2. The summed E-state index contributed by atoms with van der Waals surface area (Å²) in [7, 11) is 0. The molecule has 1 N–H and O–H groups in total. The zero-order valence-corrected chi connectivity index (χ0v) is 14.0. The van der Waals surface area contributed by atoms with Crippen molar-refractivity contribution in [3.63, 3.8) is 0 Å². The second-order valence-electron chi connectivity index (χ2n) is 7.71. The first-order valence-electron chi connectivity index (χ1n) is 7.60. The Labute approximate surface area is 122 Å². The van der Waals surface area contributed by atoms with Gasteiger partial charge in [0.2, 0.25) is 0 Å². The van der Waals surface area contributed by atoms with E-state index in [-0.39, 0.29) is 0 Å². The molecule has 0 atom stereocenters. The van der Waals surface area contributed by atoms with Gasteiger partial charge in [0.15, 0.2) is 0 Å². The van der Waals surface area contributed by atoms with E-state index in [9.17, 15) is 0 Å². The molecule has 1 aliphatic rings. The summed E-state index contributed by atoms with van der Waals surface area (Å²) in [5, 5.41) is 6.05. The standard InChI is InChI=1S/C17H29NS/c1-6-13-7-8-19-15(13)11-18-14-9-16(2,3)12-17(4,5)10-14/h7-8,14,18H,6,9-12H2,1-5H3. The van der Waals surface area contributed by atoms with Crippen molar-refractivity contribution in [2.24, 2.45) is 10.8 Å². The van der Waals surface area contributed by atoms with Crippen molar-refractivity contribution < 1.29 is 0 Å². The first kappa shape index (κ1) is 15.1. The smallest absolute Gasteiger partial charge is 0.0305 e. The van der Waals surface area contributed by atoms with E-state index in [1.54, 1.807) is 0 Å². The van der Waals surface area contributed by atoms with Gasteiger partial charge < -0.3 is 5.32 Å². The maximum atomic E-state index is 3.82. The molecule has 0 radical (unpaired) electrons. The normalized spacial score (nSPS) is 22.6. The van der Waals surface area contributed by atoms with Crippen molar-refractivity contribution in [2.45, 2.75) is 72.9 Å². The summed E-state index contributed by atoms with van der Waals surface area (Å²) in [4.78, 5) is 1.53. The minimum Gasteiger partial charge on any atom is -0.309 e. The summed E-state index contributed by atoms with van der Waals surface area (Å²) in [6.07, 6.45) is 5.12. The SMILES string of the molecule is CCc1ccsc1CNC1CC(C)(C)CC(C)(C)C1. The highest BCUT2D eigenvalue weighted by molar-refractivity contribution is 7.10. The average Bonchev–Trinajstić information content (AvgIpc) is 2.69. The molecule has 0 unspecified atom stereocenters. The van der Waals surface area contributed by atoms with Crippen LogP contribution in [-0.4, -0.2) is 6.04 Å². The molecule has 2 rings (SSSR count). The van der Waals surface area contributed by atoms with Crippen LogP contribution in [0.4, 0.5) is 0 Å². The molecular formula is C17H29NS. The zero-order chi connectivity index (χ0) is 14.1. The van der Waals surface area contributed by atoms with Crippen molar-refractivity contribution in [3.05, 3.63) is 21.9 Å². The molecule has 0 amide bonds. The molecule has 1 fully saturated rings. The Kier molecular flexibility index (Phi) is 4.42. The maximum absolute atomic E-state index is 3.82. The van der Waals surface area contributed by atoms with Gasteiger partial charge in [0, 0.05) is 17.5 Å². The molecule has 1 nitrogen and oxygen atoms in total. The summed E-state index contributed by atoms with van der Waals surface area (Å²) in [6, 6.07) is 2.95. The van der Waals surface area contributed by atoms with Crippen LogP contribution >= 0.6 is 11.3 Å². The van der Waals surface area contributed by atoms with Crippen molar-refractivity contribution in [1.82, 2.24) is 5.32 Å². The van der Waals surface area contributed by atoms with Crippen molar-refractivity contribution in [3.8, 4) is 0 Å². The van der Waals surface area contributed by atoms with Gasteiger partial charge in [0.05, 0.1) is 0 Å². The highest BCUT2D eigenvalue weighted by Crippen LogP contribution is 2.45. The van der Waals surface area contributed by atoms with Gasteiger partial charge in [-0.2, -0.15) is 0 Å². The fraction of sp³-hybridized carbons (Fsp3) is 0.765. The van der Waals surface area contributed by atoms with Gasteiger partial charge in [-0.05, 0) is 53.5 Å². The first-order valence-corrected chi connectivity index (χ1v) is 8.48. The molecule has 0 aliphatic heterocycles. The Balaban J connectivity index is 1.96. The van der Waals surface area contributed by atoms with Crippen LogP contribution in [0.15, 0.2) is 11.4 Å². The van der Waals surface area contributed by atoms with Crippen LogP contribution in [0.2, 0.25) is 0 Å². The predicted molar refractivity (Wildman–Crippen MR) is 85.7 cm³/mol. The van der Waals surface area contributed by atoms with E-state index < -0.39 is 0 Å². The van der Waals surface area contributed by atoms with Gasteiger partial charge in [0.1, 0.15) is 0 Å². The van der Waals surface area contributed by atoms with Crippen LogP contribution in [0, 0.1) is 10.8 Å². The number of rotatable bonds is 4. The van der Waals surface area contributed by atoms with Crippen LogP contribution in [0.25, 0.3) is 0 Å². The Hall–Kier alpha value is -0.340. The van der Waals surface area contributed by atoms with E-state index in [2.05, 4.69) is 51.4 Å². The van der Waals surface area contributed by atoms with Gasteiger partial charge in [-0.25, -0.2) is 0 Å². The van der Waals surface area contributed by atoms with Crippen molar-refractivity contribution in [1.29, 1.82) is 0 Å². The molecule has 1 aromatic rings. The van der Waals surface area contributed by atoms with Gasteiger partial charge in [-0.1, -0.05) is 34.6 Å². The molecule has 1 aromatic heterocycles. The van der Waals surface area contributed by atoms with Crippen LogP contribution in [0.5, 0.6) is 0 Å². The Morgan fingerprint density at radius 1 is 1.21 bits per heavy atom. The summed E-state index contributed by atoms with van der Waals surface area (Å²) in [6.45, 7) is 13.0. The van der Waals surface area contributed by atoms with Crippen LogP contribution in [0.1, 0.15) is 64.3 Å².